The molecule has 30 heavy (non-hydrogen) atoms. The van der Waals surface area contributed by atoms with Gasteiger partial charge in [0.2, 0.25) is 5.91 Å². The number of aromatic nitrogens is 1. The van der Waals surface area contributed by atoms with Crippen LogP contribution in [0, 0.1) is 13.8 Å². The van der Waals surface area contributed by atoms with Gasteiger partial charge in [-0.3, -0.25) is 4.79 Å². The second kappa shape index (κ2) is 9.69. The molecule has 154 valence electrons. The number of methoxy groups -OCH3 is 1. The number of aryl methyl sites for hydroxylation is 2. The first kappa shape index (κ1) is 21.0. The van der Waals surface area contributed by atoms with Gasteiger partial charge in [-0.1, -0.05) is 42.5 Å². The summed E-state index contributed by atoms with van der Waals surface area (Å²) in [7, 11) is 1.37. The smallest absolute Gasteiger partial charge is 0.339 e. The second-order valence-electron chi connectivity index (χ2n) is 6.95. The minimum Gasteiger partial charge on any atom is -0.465 e. The molecule has 3 rings (SSSR count). The third-order valence-electron chi connectivity index (χ3n) is 4.90. The lowest BCUT2D eigenvalue weighted by molar-refractivity contribution is -0.121. The van der Waals surface area contributed by atoms with Crippen molar-refractivity contribution in [2.75, 3.05) is 7.11 Å². The van der Waals surface area contributed by atoms with Gasteiger partial charge in [0, 0.05) is 23.4 Å². The minimum atomic E-state index is -0.390. The maximum atomic E-state index is 12.1. The van der Waals surface area contributed by atoms with Crippen molar-refractivity contribution in [3.05, 3.63) is 88.7 Å². The van der Waals surface area contributed by atoms with E-state index in [1.54, 1.807) is 18.3 Å². The van der Waals surface area contributed by atoms with Crippen molar-refractivity contribution in [1.29, 1.82) is 0 Å². The van der Waals surface area contributed by atoms with Crippen LogP contribution in [0.25, 0.3) is 5.69 Å². The van der Waals surface area contributed by atoms with Crippen LogP contribution in [0.2, 0.25) is 0 Å². The first-order chi connectivity index (χ1) is 14.5. The largest absolute Gasteiger partial charge is 0.465 e. The average Bonchev–Trinajstić information content (AvgIpc) is 3.05. The van der Waals surface area contributed by atoms with E-state index in [4.69, 9.17) is 4.74 Å². The SMILES string of the molecule is COC(=O)c1ccccc1-n1c(C)cc(/C=N\NC(=O)CCc2ccccc2)c1C. The minimum absolute atomic E-state index is 0.139. The molecule has 0 spiro atoms. The zero-order valence-corrected chi connectivity index (χ0v) is 17.4. The normalized spacial score (nSPS) is 10.9. The molecule has 0 bridgehead atoms. The molecule has 6 nitrogen and oxygen atoms in total. The van der Waals surface area contributed by atoms with Crippen LogP contribution in [0.1, 0.15) is 39.3 Å². The predicted octanol–water partition coefficient (Wildman–Crippen LogP) is 3.96. The molecule has 3 aromatic rings. The summed E-state index contributed by atoms with van der Waals surface area (Å²) in [4.78, 5) is 24.2. The predicted molar refractivity (Wildman–Crippen MR) is 117 cm³/mol. The number of nitrogens with one attached hydrogen (secondary N) is 1. The number of esters is 1. The Morgan fingerprint density at radius 3 is 2.50 bits per heavy atom. The molecule has 0 fully saturated rings. The third kappa shape index (κ3) is 4.84. The Balaban J connectivity index is 1.72. The second-order valence-corrected chi connectivity index (χ2v) is 6.95. The molecule has 0 aliphatic heterocycles. The molecule has 0 saturated carbocycles. The van der Waals surface area contributed by atoms with E-state index in [-0.39, 0.29) is 11.9 Å². The number of nitrogens with zero attached hydrogens (tertiary/aromatic N) is 2. The van der Waals surface area contributed by atoms with Gasteiger partial charge >= 0.3 is 5.97 Å². The number of para-hydroxylation sites is 1. The molecule has 6 heteroatoms. The Morgan fingerprint density at radius 1 is 1.07 bits per heavy atom. The van der Waals surface area contributed by atoms with Gasteiger partial charge in [0.05, 0.1) is 24.6 Å². The lowest BCUT2D eigenvalue weighted by Crippen LogP contribution is -2.17. The van der Waals surface area contributed by atoms with E-state index in [0.717, 1.165) is 28.2 Å². The fourth-order valence-electron chi connectivity index (χ4n) is 3.37. The van der Waals surface area contributed by atoms with Crippen molar-refractivity contribution in [3.8, 4) is 5.69 Å². The Hall–Kier alpha value is -3.67. The number of carbonyl (C=O) groups excluding carboxylic acids is 2. The van der Waals surface area contributed by atoms with E-state index in [1.807, 2.05) is 66.9 Å². The van der Waals surface area contributed by atoms with Crippen molar-refractivity contribution < 1.29 is 14.3 Å². The number of rotatable bonds is 7. The zero-order chi connectivity index (χ0) is 21.5. The van der Waals surface area contributed by atoms with Crippen molar-refractivity contribution in [2.24, 2.45) is 5.10 Å². The first-order valence-corrected chi connectivity index (χ1v) is 9.73. The molecule has 0 saturated heterocycles. The number of carbonyl (C=O) groups is 2. The van der Waals surface area contributed by atoms with Gasteiger partial charge in [-0.05, 0) is 44.0 Å². The van der Waals surface area contributed by atoms with Crippen LogP contribution in [-0.2, 0) is 16.0 Å². The van der Waals surface area contributed by atoms with Crippen molar-refractivity contribution in [2.45, 2.75) is 26.7 Å². The molecular formula is C24H25N3O3. The molecule has 0 unspecified atom stereocenters. The van der Waals surface area contributed by atoms with E-state index >= 15 is 0 Å². The first-order valence-electron chi connectivity index (χ1n) is 9.73. The van der Waals surface area contributed by atoms with Gasteiger partial charge < -0.3 is 9.30 Å². The van der Waals surface area contributed by atoms with Crippen molar-refractivity contribution in [1.82, 2.24) is 9.99 Å². The van der Waals surface area contributed by atoms with E-state index in [9.17, 15) is 9.59 Å². The summed E-state index contributed by atoms with van der Waals surface area (Å²) >= 11 is 0. The molecule has 0 aliphatic rings. The fourth-order valence-corrected chi connectivity index (χ4v) is 3.37. The quantitative estimate of drug-likeness (QED) is 0.369. The highest BCUT2D eigenvalue weighted by atomic mass is 16.5. The summed E-state index contributed by atoms with van der Waals surface area (Å²) in [6.45, 7) is 3.90. The standard InChI is InChI=1S/C24H25N3O3/c1-17-15-20(16-25-26-23(28)14-13-19-9-5-4-6-10-19)18(2)27(17)22-12-8-7-11-21(22)24(29)30-3/h4-12,15-16H,13-14H2,1-3H3,(H,26,28)/b25-16-. The highest BCUT2D eigenvalue weighted by Crippen LogP contribution is 2.23. The maximum Gasteiger partial charge on any atom is 0.339 e. The average molecular weight is 403 g/mol. The van der Waals surface area contributed by atoms with Gasteiger partial charge in [0.25, 0.3) is 0 Å². The summed E-state index contributed by atoms with van der Waals surface area (Å²) in [5.74, 6) is -0.529. The molecule has 1 amide bonds. The van der Waals surface area contributed by atoms with Gasteiger partial charge in [0.1, 0.15) is 0 Å². The molecule has 0 radical (unpaired) electrons. The Kier molecular flexibility index (Phi) is 6.80. The van der Waals surface area contributed by atoms with E-state index in [0.29, 0.717) is 18.4 Å². The Labute approximate surface area is 176 Å². The maximum absolute atomic E-state index is 12.1. The van der Waals surface area contributed by atoms with Gasteiger partial charge in [-0.25, -0.2) is 10.2 Å². The topological polar surface area (TPSA) is 72.7 Å². The van der Waals surface area contributed by atoms with Gasteiger partial charge in [-0.2, -0.15) is 5.10 Å². The molecule has 1 N–H and O–H groups in total. The number of hydrogen-bond donors (Lipinski definition) is 1. The monoisotopic (exact) mass is 403 g/mol. The van der Waals surface area contributed by atoms with E-state index in [1.165, 1.54) is 7.11 Å². The van der Waals surface area contributed by atoms with Crippen LogP contribution >= 0.6 is 0 Å². The van der Waals surface area contributed by atoms with Gasteiger partial charge in [0.15, 0.2) is 0 Å². The highest BCUT2D eigenvalue weighted by molar-refractivity contribution is 5.94. The lowest BCUT2D eigenvalue weighted by atomic mass is 10.1. The number of hydrazone groups is 1. The summed E-state index contributed by atoms with van der Waals surface area (Å²) in [6.07, 6.45) is 2.66. The summed E-state index contributed by atoms with van der Waals surface area (Å²) in [5, 5.41) is 4.11. The van der Waals surface area contributed by atoms with Crippen LogP contribution in [0.15, 0.2) is 65.8 Å². The fraction of sp³-hybridized carbons (Fsp3) is 0.208. The third-order valence-corrected chi connectivity index (χ3v) is 4.90. The van der Waals surface area contributed by atoms with Gasteiger partial charge in [-0.15, -0.1) is 0 Å². The van der Waals surface area contributed by atoms with E-state index in [2.05, 4.69) is 10.5 Å². The van der Waals surface area contributed by atoms with Crippen LogP contribution in [-0.4, -0.2) is 29.8 Å². The summed E-state index contributed by atoms with van der Waals surface area (Å²) in [6, 6.07) is 19.1. The molecule has 1 heterocycles. The van der Waals surface area contributed by atoms with Crippen LogP contribution in [0.4, 0.5) is 0 Å². The molecule has 0 aliphatic carbocycles. The Bertz CT molecular complexity index is 1070. The summed E-state index contributed by atoms with van der Waals surface area (Å²) in [5.41, 5.74) is 7.64. The number of amides is 1. The lowest BCUT2D eigenvalue weighted by Gasteiger charge is -2.13. The Morgan fingerprint density at radius 2 is 1.77 bits per heavy atom. The van der Waals surface area contributed by atoms with Crippen LogP contribution < -0.4 is 5.43 Å². The highest BCUT2D eigenvalue weighted by Gasteiger charge is 2.16. The number of hydrogen-bond acceptors (Lipinski definition) is 4. The van der Waals surface area contributed by atoms with Crippen LogP contribution in [0.5, 0.6) is 0 Å². The van der Waals surface area contributed by atoms with Crippen LogP contribution in [0.3, 0.4) is 0 Å². The summed E-state index contributed by atoms with van der Waals surface area (Å²) < 4.78 is 6.88. The molecule has 1 aromatic heterocycles. The zero-order valence-electron chi connectivity index (χ0n) is 17.4. The number of ether oxygens (including phenoxy) is 1. The number of benzene rings is 2. The van der Waals surface area contributed by atoms with E-state index < -0.39 is 0 Å². The van der Waals surface area contributed by atoms with Crippen molar-refractivity contribution in [3.63, 3.8) is 0 Å². The molecule has 0 atom stereocenters. The molecular weight excluding hydrogens is 378 g/mol. The van der Waals surface area contributed by atoms with Crippen molar-refractivity contribution >= 4 is 18.1 Å². The molecule has 2 aromatic carbocycles.